The number of amidine groups is 1. The fourth-order valence-corrected chi connectivity index (χ4v) is 1.03. The molecule has 0 bridgehead atoms. The second kappa shape index (κ2) is 3.76. The number of nitrogens with one attached hydrogen (secondary N) is 1. The summed E-state index contributed by atoms with van der Waals surface area (Å²) in [6.45, 7) is 0. The normalized spacial score (nSPS) is 11.3. The SMILES string of the molecule is C/N=C(\NC)c1ccc(N)cc1. The lowest BCUT2D eigenvalue weighted by Crippen LogP contribution is -2.19. The second-order valence-electron chi connectivity index (χ2n) is 2.44. The van der Waals surface area contributed by atoms with Crippen LogP contribution in [0.3, 0.4) is 0 Å². The lowest BCUT2D eigenvalue weighted by Gasteiger charge is -2.04. The molecule has 0 unspecified atom stereocenters. The Labute approximate surface area is 72.3 Å². The Kier molecular flexibility index (Phi) is 2.69. The zero-order valence-electron chi connectivity index (χ0n) is 7.33. The van der Waals surface area contributed by atoms with Gasteiger partial charge < -0.3 is 11.1 Å². The first kappa shape index (κ1) is 8.59. The Hall–Kier alpha value is -1.51. The Morgan fingerprint density at radius 2 is 1.92 bits per heavy atom. The summed E-state index contributed by atoms with van der Waals surface area (Å²) in [7, 11) is 3.60. The van der Waals surface area contributed by atoms with Gasteiger partial charge >= 0.3 is 0 Å². The van der Waals surface area contributed by atoms with Crippen LogP contribution in [0, 0.1) is 0 Å². The van der Waals surface area contributed by atoms with Crippen molar-refractivity contribution in [3.8, 4) is 0 Å². The van der Waals surface area contributed by atoms with Crippen molar-refractivity contribution in [3.05, 3.63) is 29.8 Å². The zero-order chi connectivity index (χ0) is 8.97. The summed E-state index contributed by atoms with van der Waals surface area (Å²) in [4.78, 5) is 4.07. The number of hydrogen-bond acceptors (Lipinski definition) is 2. The molecule has 0 fully saturated rings. The maximum Gasteiger partial charge on any atom is 0.127 e. The zero-order valence-corrected chi connectivity index (χ0v) is 7.33. The topological polar surface area (TPSA) is 50.4 Å². The summed E-state index contributed by atoms with van der Waals surface area (Å²) in [5.41, 5.74) is 7.37. The van der Waals surface area contributed by atoms with E-state index in [0.29, 0.717) is 0 Å². The molecular weight excluding hydrogens is 150 g/mol. The van der Waals surface area contributed by atoms with Crippen molar-refractivity contribution in [2.75, 3.05) is 19.8 Å². The maximum absolute atomic E-state index is 5.55. The number of anilines is 1. The van der Waals surface area contributed by atoms with E-state index >= 15 is 0 Å². The number of hydrogen-bond donors (Lipinski definition) is 2. The predicted molar refractivity (Wildman–Crippen MR) is 52.4 cm³/mol. The Morgan fingerprint density at radius 3 is 2.33 bits per heavy atom. The van der Waals surface area contributed by atoms with Crippen molar-refractivity contribution in [1.29, 1.82) is 0 Å². The first-order valence-corrected chi connectivity index (χ1v) is 3.78. The highest BCUT2D eigenvalue weighted by Gasteiger charge is 1.97. The fraction of sp³-hybridized carbons (Fsp3) is 0.222. The number of benzene rings is 1. The molecule has 0 radical (unpaired) electrons. The average Bonchev–Trinajstić information content (AvgIpc) is 2.10. The number of rotatable bonds is 1. The van der Waals surface area contributed by atoms with Crippen LogP contribution in [0.4, 0.5) is 5.69 Å². The van der Waals surface area contributed by atoms with Crippen LogP contribution in [0.25, 0.3) is 0 Å². The summed E-state index contributed by atoms with van der Waals surface area (Å²) in [6.07, 6.45) is 0. The highest BCUT2D eigenvalue weighted by Crippen LogP contribution is 2.05. The molecule has 64 valence electrons. The minimum atomic E-state index is 0.769. The van der Waals surface area contributed by atoms with E-state index < -0.39 is 0 Å². The van der Waals surface area contributed by atoms with Gasteiger partial charge in [-0.25, -0.2) is 0 Å². The van der Waals surface area contributed by atoms with Gasteiger partial charge in [-0.3, -0.25) is 4.99 Å². The average molecular weight is 163 g/mol. The molecule has 0 aliphatic carbocycles. The maximum atomic E-state index is 5.55. The van der Waals surface area contributed by atoms with E-state index in [1.54, 1.807) is 7.05 Å². The van der Waals surface area contributed by atoms with E-state index in [-0.39, 0.29) is 0 Å². The smallest absolute Gasteiger partial charge is 0.127 e. The van der Waals surface area contributed by atoms with Crippen LogP contribution in [0.5, 0.6) is 0 Å². The summed E-state index contributed by atoms with van der Waals surface area (Å²) in [5.74, 6) is 0.870. The molecule has 0 heterocycles. The number of nitrogen functional groups attached to an aromatic ring is 1. The summed E-state index contributed by atoms with van der Waals surface area (Å²) >= 11 is 0. The molecule has 0 aliphatic rings. The lowest BCUT2D eigenvalue weighted by molar-refractivity contribution is 1.15. The molecule has 12 heavy (non-hydrogen) atoms. The summed E-state index contributed by atoms with van der Waals surface area (Å²) in [5, 5.41) is 3.00. The molecule has 0 saturated heterocycles. The largest absolute Gasteiger partial charge is 0.399 e. The van der Waals surface area contributed by atoms with Gasteiger partial charge in [0.05, 0.1) is 0 Å². The molecule has 1 rings (SSSR count). The van der Waals surface area contributed by atoms with E-state index in [9.17, 15) is 0 Å². The quantitative estimate of drug-likeness (QED) is 0.366. The first-order valence-electron chi connectivity index (χ1n) is 3.78. The van der Waals surface area contributed by atoms with E-state index in [1.807, 2.05) is 31.3 Å². The summed E-state index contributed by atoms with van der Waals surface area (Å²) in [6, 6.07) is 7.60. The third kappa shape index (κ3) is 1.75. The van der Waals surface area contributed by atoms with Gasteiger partial charge in [-0.1, -0.05) is 0 Å². The van der Waals surface area contributed by atoms with Crippen LogP contribution in [-0.2, 0) is 0 Å². The molecular formula is C9H13N3. The second-order valence-corrected chi connectivity index (χ2v) is 2.44. The molecule has 3 N–H and O–H groups in total. The van der Waals surface area contributed by atoms with Crippen molar-refractivity contribution in [2.45, 2.75) is 0 Å². The van der Waals surface area contributed by atoms with E-state index in [1.165, 1.54) is 0 Å². The van der Waals surface area contributed by atoms with Crippen molar-refractivity contribution in [2.24, 2.45) is 4.99 Å². The standard InChI is InChI=1S/C9H13N3/c1-11-9(12-2)7-3-5-8(10)6-4-7/h3-6H,10H2,1-2H3,(H,11,12). The van der Waals surface area contributed by atoms with Crippen LogP contribution in [-0.4, -0.2) is 19.9 Å². The number of nitrogens with zero attached hydrogens (tertiary/aromatic N) is 1. The van der Waals surface area contributed by atoms with Crippen LogP contribution < -0.4 is 11.1 Å². The van der Waals surface area contributed by atoms with Crippen LogP contribution in [0.15, 0.2) is 29.3 Å². The Bertz CT molecular complexity index is 274. The summed E-state index contributed by atoms with van der Waals surface area (Å²) < 4.78 is 0. The van der Waals surface area contributed by atoms with Crippen molar-refractivity contribution in [3.63, 3.8) is 0 Å². The molecule has 0 aliphatic heterocycles. The molecule has 0 spiro atoms. The van der Waals surface area contributed by atoms with Gasteiger partial charge in [0, 0.05) is 25.3 Å². The first-order chi connectivity index (χ1) is 5.77. The third-order valence-electron chi connectivity index (χ3n) is 1.64. The third-order valence-corrected chi connectivity index (χ3v) is 1.64. The minimum absolute atomic E-state index is 0.769. The lowest BCUT2D eigenvalue weighted by atomic mass is 10.2. The van der Waals surface area contributed by atoms with Crippen molar-refractivity contribution < 1.29 is 0 Å². The van der Waals surface area contributed by atoms with Crippen molar-refractivity contribution in [1.82, 2.24) is 5.32 Å². The molecule has 1 aromatic carbocycles. The molecule has 3 heteroatoms. The molecule has 0 amide bonds. The number of nitrogens with two attached hydrogens (primary N) is 1. The van der Waals surface area contributed by atoms with Gasteiger partial charge in [-0.15, -0.1) is 0 Å². The monoisotopic (exact) mass is 163 g/mol. The van der Waals surface area contributed by atoms with Gasteiger partial charge in [-0.05, 0) is 24.3 Å². The van der Waals surface area contributed by atoms with Crippen LogP contribution in [0.1, 0.15) is 5.56 Å². The Balaban J connectivity index is 2.96. The highest BCUT2D eigenvalue weighted by atomic mass is 14.9. The fourth-order valence-electron chi connectivity index (χ4n) is 1.03. The van der Waals surface area contributed by atoms with E-state index in [4.69, 9.17) is 5.73 Å². The molecule has 1 aromatic rings. The molecule has 3 nitrogen and oxygen atoms in total. The molecule has 0 atom stereocenters. The van der Waals surface area contributed by atoms with Gasteiger partial charge in [0.15, 0.2) is 0 Å². The van der Waals surface area contributed by atoms with Gasteiger partial charge in [0.1, 0.15) is 5.84 Å². The number of aliphatic imine (C=N–C) groups is 1. The Morgan fingerprint density at radius 1 is 1.33 bits per heavy atom. The van der Waals surface area contributed by atoms with E-state index in [0.717, 1.165) is 17.1 Å². The molecule has 0 saturated carbocycles. The molecule has 0 aromatic heterocycles. The predicted octanol–water partition coefficient (Wildman–Crippen LogP) is 0.865. The van der Waals surface area contributed by atoms with Gasteiger partial charge in [0.2, 0.25) is 0 Å². The van der Waals surface area contributed by atoms with E-state index in [2.05, 4.69) is 10.3 Å². The van der Waals surface area contributed by atoms with Crippen molar-refractivity contribution >= 4 is 11.5 Å². The van der Waals surface area contributed by atoms with Gasteiger partial charge in [0.25, 0.3) is 0 Å². The van der Waals surface area contributed by atoms with Crippen LogP contribution in [0.2, 0.25) is 0 Å². The minimum Gasteiger partial charge on any atom is -0.399 e. The highest BCUT2D eigenvalue weighted by molar-refractivity contribution is 5.98. The van der Waals surface area contributed by atoms with Gasteiger partial charge in [-0.2, -0.15) is 0 Å². The van der Waals surface area contributed by atoms with Crippen LogP contribution >= 0.6 is 0 Å².